The van der Waals surface area contributed by atoms with E-state index in [0.29, 0.717) is 16.9 Å². The number of benzene rings is 2. The van der Waals surface area contributed by atoms with E-state index in [1.54, 1.807) is 18.2 Å². The number of amides is 1. The van der Waals surface area contributed by atoms with E-state index < -0.39 is 18.0 Å². The van der Waals surface area contributed by atoms with Crippen LogP contribution in [0.1, 0.15) is 23.0 Å². The summed E-state index contributed by atoms with van der Waals surface area (Å²) in [6, 6.07) is 14.3. The van der Waals surface area contributed by atoms with Crippen LogP contribution in [0.5, 0.6) is 0 Å². The van der Waals surface area contributed by atoms with Crippen LogP contribution in [-0.4, -0.2) is 18.0 Å². The Morgan fingerprint density at radius 2 is 1.57 bits per heavy atom. The van der Waals surface area contributed by atoms with Gasteiger partial charge < -0.3 is 14.5 Å². The van der Waals surface area contributed by atoms with Gasteiger partial charge in [-0.2, -0.15) is 0 Å². The van der Waals surface area contributed by atoms with Crippen LogP contribution in [0.2, 0.25) is 0 Å². The number of rotatable bonds is 6. The van der Waals surface area contributed by atoms with E-state index in [4.69, 9.17) is 9.15 Å². The van der Waals surface area contributed by atoms with Gasteiger partial charge in [-0.05, 0) is 61.0 Å². The summed E-state index contributed by atoms with van der Waals surface area (Å²) in [5, 5.41) is 2.61. The Morgan fingerprint density at radius 1 is 0.964 bits per heavy atom. The normalized spacial score (nSPS) is 11.7. The number of halogens is 2. The first-order valence-electron chi connectivity index (χ1n) is 8.51. The summed E-state index contributed by atoms with van der Waals surface area (Å²) >= 11 is 0. The van der Waals surface area contributed by atoms with E-state index in [0.717, 1.165) is 0 Å². The van der Waals surface area contributed by atoms with Gasteiger partial charge in [0.1, 0.15) is 17.4 Å². The van der Waals surface area contributed by atoms with E-state index in [1.165, 1.54) is 49.4 Å². The lowest BCUT2D eigenvalue weighted by Gasteiger charge is -2.12. The van der Waals surface area contributed by atoms with Crippen molar-refractivity contribution < 1.29 is 27.5 Å². The van der Waals surface area contributed by atoms with Crippen molar-refractivity contribution in [3.63, 3.8) is 0 Å². The average Bonchev–Trinajstić information content (AvgIpc) is 3.18. The van der Waals surface area contributed by atoms with Crippen LogP contribution >= 0.6 is 0 Å². The van der Waals surface area contributed by atoms with Crippen LogP contribution in [0, 0.1) is 11.6 Å². The second kappa shape index (κ2) is 8.47. The molecule has 1 aromatic heterocycles. The summed E-state index contributed by atoms with van der Waals surface area (Å²) in [4.78, 5) is 24.3. The molecule has 3 rings (SSSR count). The molecule has 0 spiro atoms. The molecule has 0 saturated carbocycles. The van der Waals surface area contributed by atoms with Crippen LogP contribution in [-0.2, 0) is 16.1 Å². The quantitative estimate of drug-likeness (QED) is 0.649. The van der Waals surface area contributed by atoms with E-state index >= 15 is 0 Å². The first-order chi connectivity index (χ1) is 13.4. The fourth-order valence-electron chi connectivity index (χ4n) is 2.42. The molecule has 0 bridgehead atoms. The molecule has 0 fully saturated rings. The molecule has 1 amide bonds. The maximum Gasteiger partial charge on any atom is 0.375 e. The van der Waals surface area contributed by atoms with Gasteiger partial charge in [0.25, 0.3) is 5.91 Å². The molecule has 2 aromatic carbocycles. The van der Waals surface area contributed by atoms with Gasteiger partial charge in [-0.25, -0.2) is 13.6 Å². The van der Waals surface area contributed by atoms with E-state index in [-0.39, 0.29) is 23.9 Å². The van der Waals surface area contributed by atoms with Gasteiger partial charge >= 0.3 is 5.97 Å². The molecule has 1 heterocycles. The Kier molecular flexibility index (Phi) is 5.84. The minimum absolute atomic E-state index is 0.0718. The van der Waals surface area contributed by atoms with E-state index in [2.05, 4.69) is 5.32 Å². The Morgan fingerprint density at radius 3 is 2.21 bits per heavy atom. The predicted octanol–water partition coefficient (Wildman–Crippen LogP) is 4.09. The molecular formula is C21H17F2NO4. The van der Waals surface area contributed by atoms with Crippen LogP contribution in [0.4, 0.5) is 8.78 Å². The minimum Gasteiger partial charge on any atom is -0.449 e. The van der Waals surface area contributed by atoms with Crippen LogP contribution in [0.3, 0.4) is 0 Å². The molecule has 1 N–H and O–H groups in total. The zero-order chi connectivity index (χ0) is 20.1. The second-order valence-corrected chi connectivity index (χ2v) is 6.06. The lowest BCUT2D eigenvalue weighted by Crippen LogP contribution is -2.35. The first kappa shape index (κ1) is 19.3. The Labute approximate surface area is 159 Å². The molecule has 0 radical (unpaired) electrons. The van der Waals surface area contributed by atoms with Crippen molar-refractivity contribution in [2.75, 3.05) is 0 Å². The van der Waals surface area contributed by atoms with Crippen molar-refractivity contribution in [3.05, 3.63) is 83.6 Å². The summed E-state index contributed by atoms with van der Waals surface area (Å²) in [5.41, 5.74) is 1.31. The number of nitrogens with one attached hydrogen (secondary N) is 1. The lowest BCUT2D eigenvalue weighted by molar-refractivity contribution is -0.129. The number of carbonyl (C=O) groups is 2. The zero-order valence-electron chi connectivity index (χ0n) is 14.9. The van der Waals surface area contributed by atoms with Gasteiger partial charge in [0.05, 0.1) is 0 Å². The number of hydrogen-bond donors (Lipinski definition) is 1. The first-order valence-corrected chi connectivity index (χ1v) is 8.51. The van der Waals surface area contributed by atoms with Crippen LogP contribution < -0.4 is 5.32 Å². The molecule has 5 nitrogen and oxygen atoms in total. The summed E-state index contributed by atoms with van der Waals surface area (Å²) in [6.45, 7) is 1.61. The van der Waals surface area contributed by atoms with Gasteiger partial charge in [0.2, 0.25) is 5.76 Å². The highest BCUT2D eigenvalue weighted by atomic mass is 19.1. The lowest BCUT2D eigenvalue weighted by atomic mass is 10.2. The summed E-state index contributed by atoms with van der Waals surface area (Å²) in [7, 11) is 0. The molecule has 7 heteroatoms. The minimum atomic E-state index is -1.05. The van der Waals surface area contributed by atoms with Gasteiger partial charge in [-0.1, -0.05) is 12.1 Å². The zero-order valence-corrected chi connectivity index (χ0v) is 14.9. The smallest absolute Gasteiger partial charge is 0.375 e. The molecule has 1 atom stereocenters. The largest absolute Gasteiger partial charge is 0.449 e. The van der Waals surface area contributed by atoms with Gasteiger partial charge in [-0.15, -0.1) is 0 Å². The molecule has 0 aliphatic carbocycles. The molecular weight excluding hydrogens is 368 g/mol. The fourth-order valence-corrected chi connectivity index (χ4v) is 2.42. The van der Waals surface area contributed by atoms with Crippen molar-refractivity contribution >= 4 is 11.9 Å². The molecule has 3 aromatic rings. The average molecular weight is 385 g/mol. The predicted molar refractivity (Wildman–Crippen MR) is 97.2 cm³/mol. The monoisotopic (exact) mass is 385 g/mol. The summed E-state index contributed by atoms with van der Waals surface area (Å²) < 4.78 is 36.4. The van der Waals surface area contributed by atoms with Crippen molar-refractivity contribution in [1.82, 2.24) is 5.32 Å². The van der Waals surface area contributed by atoms with Crippen molar-refractivity contribution in [2.24, 2.45) is 0 Å². The van der Waals surface area contributed by atoms with Gasteiger partial charge in [0.15, 0.2) is 6.10 Å². The van der Waals surface area contributed by atoms with E-state index in [9.17, 15) is 18.4 Å². The van der Waals surface area contributed by atoms with Crippen LogP contribution in [0.25, 0.3) is 11.3 Å². The number of hydrogen-bond acceptors (Lipinski definition) is 4. The SMILES string of the molecule is C[C@H](OC(=O)c1ccc(-c2ccc(F)cc2)o1)C(=O)NCc1ccc(F)cc1. The third kappa shape index (κ3) is 4.82. The number of esters is 1. The van der Waals surface area contributed by atoms with Crippen molar-refractivity contribution in [3.8, 4) is 11.3 Å². The van der Waals surface area contributed by atoms with Crippen molar-refractivity contribution in [1.29, 1.82) is 0 Å². The highest BCUT2D eigenvalue weighted by Gasteiger charge is 2.21. The number of furan rings is 1. The molecule has 28 heavy (non-hydrogen) atoms. The number of carbonyl (C=O) groups excluding carboxylic acids is 2. The molecule has 0 aliphatic rings. The summed E-state index contributed by atoms with van der Waals surface area (Å²) in [5.74, 6) is -1.73. The van der Waals surface area contributed by atoms with Crippen molar-refractivity contribution in [2.45, 2.75) is 19.6 Å². The molecule has 0 unspecified atom stereocenters. The molecule has 0 aliphatic heterocycles. The van der Waals surface area contributed by atoms with Gasteiger partial charge in [-0.3, -0.25) is 4.79 Å². The third-order valence-corrected chi connectivity index (χ3v) is 3.97. The Bertz CT molecular complexity index is 965. The Hall–Kier alpha value is -3.48. The Balaban J connectivity index is 1.55. The standard InChI is InChI=1S/C21H17F2NO4/c1-13(20(25)24-12-14-2-6-16(22)7-3-14)27-21(26)19-11-10-18(28-19)15-4-8-17(23)9-5-15/h2-11,13H,12H2,1H3,(H,24,25)/t13-/m0/s1. The molecule has 144 valence electrons. The fraction of sp³-hybridized carbons (Fsp3) is 0.143. The highest BCUT2D eigenvalue weighted by Crippen LogP contribution is 2.23. The summed E-state index contributed by atoms with van der Waals surface area (Å²) in [6.07, 6.45) is -1.05. The van der Waals surface area contributed by atoms with Gasteiger partial charge in [0, 0.05) is 12.1 Å². The number of ether oxygens (including phenoxy) is 1. The second-order valence-electron chi connectivity index (χ2n) is 6.06. The maximum atomic E-state index is 13.0. The third-order valence-electron chi connectivity index (χ3n) is 3.97. The maximum absolute atomic E-state index is 13.0. The van der Waals surface area contributed by atoms with Crippen LogP contribution in [0.15, 0.2) is 65.1 Å². The highest BCUT2D eigenvalue weighted by molar-refractivity contribution is 5.90. The molecule has 0 saturated heterocycles. The van der Waals surface area contributed by atoms with E-state index in [1.807, 2.05) is 0 Å². The topological polar surface area (TPSA) is 68.5 Å².